The summed E-state index contributed by atoms with van der Waals surface area (Å²) in [7, 11) is 0. The van der Waals surface area contributed by atoms with Crippen LogP contribution in [0, 0.1) is 0 Å². The fourth-order valence-corrected chi connectivity index (χ4v) is 3.25. The lowest BCUT2D eigenvalue weighted by Crippen LogP contribution is -2.26. The van der Waals surface area contributed by atoms with E-state index in [0.717, 1.165) is 11.6 Å². The summed E-state index contributed by atoms with van der Waals surface area (Å²) in [5.74, 6) is 0.493. The molecule has 1 unspecified atom stereocenters. The zero-order valence-electron chi connectivity index (χ0n) is 15.3. The van der Waals surface area contributed by atoms with E-state index >= 15 is 0 Å². The Morgan fingerprint density at radius 2 is 1.96 bits per heavy atom. The van der Waals surface area contributed by atoms with Crippen LogP contribution < -0.4 is 10.1 Å². The first-order chi connectivity index (χ1) is 13.4. The summed E-state index contributed by atoms with van der Waals surface area (Å²) in [5, 5.41) is 2.68. The topological polar surface area (TPSA) is 47.6 Å². The molecule has 4 nitrogen and oxygen atoms in total. The van der Waals surface area contributed by atoms with Gasteiger partial charge in [-0.25, -0.2) is 4.79 Å². The maximum atomic E-state index is 13.0. The van der Waals surface area contributed by atoms with Crippen molar-refractivity contribution in [3.8, 4) is 5.75 Å². The molecule has 0 fully saturated rings. The molecule has 0 radical (unpaired) electrons. The molecule has 1 N–H and O–H groups in total. The lowest BCUT2D eigenvalue weighted by atomic mass is 9.88. The molecule has 0 aromatic heterocycles. The zero-order valence-corrected chi connectivity index (χ0v) is 15.3. The number of alkyl carbamates (subject to hydrolysis) is 1. The van der Waals surface area contributed by atoms with Gasteiger partial charge in [-0.15, -0.1) is 0 Å². The van der Waals surface area contributed by atoms with Crippen LogP contribution in [0.15, 0.2) is 48.5 Å². The molecule has 1 aliphatic heterocycles. The highest BCUT2D eigenvalue weighted by atomic mass is 19.4. The smallest absolute Gasteiger partial charge is 0.416 e. The molecule has 0 bridgehead atoms. The van der Waals surface area contributed by atoms with Crippen molar-refractivity contribution in [1.82, 2.24) is 5.32 Å². The number of halogens is 3. The molecule has 0 aliphatic carbocycles. The highest BCUT2D eigenvalue weighted by Crippen LogP contribution is 2.40. The van der Waals surface area contributed by atoms with E-state index in [4.69, 9.17) is 9.47 Å². The van der Waals surface area contributed by atoms with Crippen LogP contribution in [-0.2, 0) is 17.5 Å². The van der Waals surface area contributed by atoms with Gasteiger partial charge in [-0.2, -0.15) is 13.2 Å². The van der Waals surface area contributed by atoms with Crippen LogP contribution >= 0.6 is 0 Å². The van der Waals surface area contributed by atoms with Crippen LogP contribution in [0.3, 0.4) is 0 Å². The number of benzene rings is 2. The van der Waals surface area contributed by atoms with Gasteiger partial charge in [0.1, 0.15) is 12.4 Å². The van der Waals surface area contributed by atoms with Crippen molar-refractivity contribution in [2.45, 2.75) is 38.0 Å². The van der Waals surface area contributed by atoms with Crippen LogP contribution in [-0.4, -0.2) is 19.2 Å². The fourth-order valence-electron chi connectivity index (χ4n) is 3.25. The van der Waals surface area contributed by atoms with Crippen molar-refractivity contribution in [3.63, 3.8) is 0 Å². The number of ether oxygens (including phenoxy) is 2. The average molecular weight is 393 g/mol. The van der Waals surface area contributed by atoms with E-state index in [1.165, 1.54) is 12.1 Å². The van der Waals surface area contributed by atoms with Crippen molar-refractivity contribution in [3.05, 3.63) is 65.2 Å². The Morgan fingerprint density at radius 1 is 1.18 bits per heavy atom. The molecule has 7 heteroatoms. The lowest BCUT2D eigenvalue weighted by Gasteiger charge is -2.27. The molecule has 1 atom stereocenters. The van der Waals surface area contributed by atoms with Gasteiger partial charge < -0.3 is 14.8 Å². The first-order valence-electron chi connectivity index (χ1n) is 9.22. The van der Waals surface area contributed by atoms with Crippen LogP contribution in [0.25, 0.3) is 0 Å². The number of alkyl halides is 3. The number of nitrogens with one attached hydrogen (secondary N) is 1. The van der Waals surface area contributed by atoms with Crippen LogP contribution in [0.5, 0.6) is 5.75 Å². The average Bonchev–Trinajstić information content (AvgIpc) is 2.69. The number of amides is 1. The standard InChI is InChI=1S/C21H22F3NO3/c22-21(23,24)17-8-9-19-18(13-17)16(10-12-27-19)7-4-11-25-20(26)28-14-15-5-2-1-3-6-15/h1-3,5-6,8-9,13,16H,4,7,10-12,14H2,(H,25,26). The van der Waals surface area contributed by atoms with Crippen LogP contribution in [0.2, 0.25) is 0 Å². The predicted molar refractivity (Wildman–Crippen MR) is 98.2 cm³/mol. The monoisotopic (exact) mass is 393 g/mol. The summed E-state index contributed by atoms with van der Waals surface area (Å²) in [6, 6.07) is 13.0. The van der Waals surface area contributed by atoms with Gasteiger partial charge in [-0.3, -0.25) is 0 Å². The summed E-state index contributed by atoms with van der Waals surface area (Å²) in [6.45, 7) is 1.08. The van der Waals surface area contributed by atoms with Gasteiger partial charge in [0.15, 0.2) is 0 Å². The van der Waals surface area contributed by atoms with Gasteiger partial charge in [-0.05, 0) is 54.5 Å². The maximum absolute atomic E-state index is 13.0. The minimum absolute atomic E-state index is 0.0202. The largest absolute Gasteiger partial charge is 0.493 e. The van der Waals surface area contributed by atoms with E-state index in [2.05, 4.69) is 5.32 Å². The number of rotatable bonds is 6. The fraction of sp³-hybridized carbons (Fsp3) is 0.381. The van der Waals surface area contributed by atoms with Crippen molar-refractivity contribution in [2.24, 2.45) is 0 Å². The molecular weight excluding hydrogens is 371 g/mol. The molecule has 0 spiro atoms. The molecule has 3 rings (SSSR count). The van der Waals surface area contributed by atoms with Crippen molar-refractivity contribution >= 4 is 6.09 Å². The molecule has 150 valence electrons. The van der Waals surface area contributed by atoms with Gasteiger partial charge in [0.05, 0.1) is 12.2 Å². The van der Waals surface area contributed by atoms with Gasteiger partial charge in [0.2, 0.25) is 0 Å². The van der Waals surface area contributed by atoms with E-state index in [1.54, 1.807) is 0 Å². The highest BCUT2D eigenvalue weighted by Gasteiger charge is 2.33. The zero-order chi connectivity index (χ0) is 20.0. The van der Waals surface area contributed by atoms with E-state index in [0.29, 0.717) is 43.7 Å². The number of fused-ring (bicyclic) bond motifs is 1. The Morgan fingerprint density at radius 3 is 2.71 bits per heavy atom. The number of carbonyl (C=O) groups excluding carboxylic acids is 1. The molecule has 1 heterocycles. The Bertz CT molecular complexity index is 793. The summed E-state index contributed by atoms with van der Waals surface area (Å²) in [5.41, 5.74) is 0.828. The molecule has 0 saturated heterocycles. The second-order valence-corrected chi connectivity index (χ2v) is 6.72. The minimum Gasteiger partial charge on any atom is -0.493 e. The minimum atomic E-state index is -4.37. The van der Waals surface area contributed by atoms with Crippen molar-refractivity contribution < 1.29 is 27.4 Å². The SMILES string of the molecule is O=C(NCCCC1CCOc2ccc(C(F)(F)F)cc21)OCc1ccccc1. The first kappa shape index (κ1) is 20.0. The molecule has 2 aromatic carbocycles. The molecule has 28 heavy (non-hydrogen) atoms. The van der Waals surface area contributed by atoms with Gasteiger partial charge >= 0.3 is 12.3 Å². The third-order valence-corrected chi connectivity index (χ3v) is 4.71. The first-order valence-corrected chi connectivity index (χ1v) is 9.22. The number of hydrogen-bond donors (Lipinski definition) is 1. The van der Waals surface area contributed by atoms with E-state index in [9.17, 15) is 18.0 Å². The molecule has 1 aliphatic rings. The molecule has 2 aromatic rings. The van der Waals surface area contributed by atoms with E-state index < -0.39 is 17.8 Å². The van der Waals surface area contributed by atoms with Gasteiger partial charge in [0, 0.05) is 6.54 Å². The maximum Gasteiger partial charge on any atom is 0.416 e. The van der Waals surface area contributed by atoms with E-state index in [-0.39, 0.29) is 12.5 Å². The summed E-state index contributed by atoms with van der Waals surface area (Å²) >= 11 is 0. The van der Waals surface area contributed by atoms with E-state index in [1.807, 2.05) is 30.3 Å². The Balaban J connectivity index is 1.46. The Kier molecular flexibility index (Phi) is 6.44. The number of hydrogen-bond acceptors (Lipinski definition) is 3. The molecule has 0 saturated carbocycles. The second-order valence-electron chi connectivity index (χ2n) is 6.72. The lowest BCUT2D eigenvalue weighted by molar-refractivity contribution is -0.137. The number of carbonyl (C=O) groups is 1. The third kappa shape index (κ3) is 5.41. The van der Waals surface area contributed by atoms with Crippen LogP contribution in [0.4, 0.5) is 18.0 Å². The van der Waals surface area contributed by atoms with Gasteiger partial charge in [0.25, 0.3) is 0 Å². The second kappa shape index (κ2) is 8.99. The summed E-state index contributed by atoms with van der Waals surface area (Å²) in [6.07, 6.45) is -2.92. The molecule has 1 amide bonds. The third-order valence-electron chi connectivity index (χ3n) is 4.71. The van der Waals surface area contributed by atoms with Crippen LogP contribution in [0.1, 0.15) is 41.9 Å². The highest BCUT2D eigenvalue weighted by molar-refractivity contribution is 5.67. The van der Waals surface area contributed by atoms with Gasteiger partial charge in [-0.1, -0.05) is 30.3 Å². The van der Waals surface area contributed by atoms with Crippen molar-refractivity contribution in [2.75, 3.05) is 13.2 Å². The normalized spacial score (nSPS) is 16.0. The molecular formula is C21H22F3NO3. The summed E-state index contributed by atoms with van der Waals surface area (Å²) in [4.78, 5) is 11.7. The Labute approximate surface area is 161 Å². The quantitative estimate of drug-likeness (QED) is 0.680. The Hall–Kier alpha value is -2.70. The summed E-state index contributed by atoms with van der Waals surface area (Å²) < 4.78 is 49.5. The van der Waals surface area contributed by atoms with Crippen molar-refractivity contribution in [1.29, 1.82) is 0 Å². The predicted octanol–water partition coefficient (Wildman–Crippen LogP) is 5.28.